The number of rotatable bonds is 8. The van der Waals surface area contributed by atoms with Crippen LogP contribution in [0.1, 0.15) is 16.7 Å². The van der Waals surface area contributed by atoms with E-state index in [-0.39, 0.29) is 6.71 Å². The van der Waals surface area contributed by atoms with E-state index in [1.54, 1.807) is 0 Å². The minimum atomic E-state index is -0.0663. The van der Waals surface area contributed by atoms with Crippen molar-refractivity contribution in [1.29, 1.82) is 0 Å². The number of aryl methyl sites for hydroxylation is 3. The number of benzene rings is 9. The van der Waals surface area contributed by atoms with Crippen molar-refractivity contribution in [3.63, 3.8) is 0 Å². The molecule has 0 aliphatic carbocycles. The van der Waals surface area contributed by atoms with Gasteiger partial charge in [-0.1, -0.05) is 179 Å². The van der Waals surface area contributed by atoms with Crippen LogP contribution in [0.25, 0.3) is 60.6 Å². The van der Waals surface area contributed by atoms with Gasteiger partial charge in [0.25, 0.3) is 5.69 Å². The monoisotopic (exact) mass is 844 g/mol. The van der Waals surface area contributed by atoms with Crippen LogP contribution in [0, 0.1) is 20.8 Å². The number of nitrogens with zero attached hydrogens (tertiary/aromatic N) is 4. The summed E-state index contributed by atoms with van der Waals surface area (Å²) in [6.45, 7) is 6.67. The maximum absolute atomic E-state index is 4.86. The summed E-state index contributed by atoms with van der Waals surface area (Å²) in [5.74, 6) is 0.905. The predicted octanol–water partition coefficient (Wildman–Crippen LogP) is 13.0. The van der Waals surface area contributed by atoms with E-state index in [4.69, 9.17) is 4.98 Å². The molecule has 0 radical (unpaired) electrons. The van der Waals surface area contributed by atoms with Crippen molar-refractivity contribution in [2.45, 2.75) is 20.8 Å². The smallest absolute Gasteiger partial charge is 0.294 e. The molecular formula is C61H45BN4+2. The second-order valence-corrected chi connectivity index (χ2v) is 17.5. The van der Waals surface area contributed by atoms with Crippen LogP contribution < -0.4 is 25.5 Å². The Balaban J connectivity index is 1.12. The lowest BCUT2D eigenvalue weighted by atomic mass is 9.35. The summed E-state index contributed by atoms with van der Waals surface area (Å²) in [4.78, 5) is 4.86. The number of aromatic nitrogens is 2. The zero-order valence-corrected chi connectivity index (χ0v) is 37.2. The fourth-order valence-electron chi connectivity index (χ4n) is 10.6. The Morgan fingerprint density at radius 2 is 1.11 bits per heavy atom. The van der Waals surface area contributed by atoms with Crippen molar-refractivity contribution in [2.24, 2.45) is 0 Å². The van der Waals surface area contributed by atoms with Crippen molar-refractivity contribution in [3.8, 4) is 28.1 Å². The number of hydrogen-bond acceptors (Lipinski definition) is 1. The van der Waals surface area contributed by atoms with Crippen molar-refractivity contribution in [2.75, 3.05) is 0 Å². The van der Waals surface area contributed by atoms with Gasteiger partial charge in [-0.2, -0.15) is 0 Å². The summed E-state index contributed by atoms with van der Waals surface area (Å²) in [7, 11) is 0. The van der Waals surface area contributed by atoms with Gasteiger partial charge in [0.15, 0.2) is 0 Å². The van der Waals surface area contributed by atoms with Crippen LogP contribution in [0.5, 0.6) is 0 Å². The molecule has 66 heavy (non-hydrogen) atoms. The summed E-state index contributed by atoms with van der Waals surface area (Å²) in [5, 5.41) is 4.77. The van der Waals surface area contributed by atoms with Gasteiger partial charge in [-0.15, -0.1) is 0 Å². The average Bonchev–Trinajstić information content (AvgIpc) is 3.92. The highest BCUT2D eigenvalue weighted by Gasteiger charge is 2.41. The maximum Gasteiger partial charge on any atom is 0.503 e. The van der Waals surface area contributed by atoms with Crippen molar-refractivity contribution < 1.29 is 0 Å². The molecule has 0 fully saturated rings. The molecule has 0 amide bonds. The molecule has 1 aliphatic heterocycles. The normalized spacial score (nSPS) is 12.1. The van der Waals surface area contributed by atoms with E-state index in [0.717, 1.165) is 61.9 Å². The Kier molecular flexibility index (Phi) is 9.52. The Labute approximate surface area is 385 Å². The average molecular weight is 845 g/mol. The molecule has 0 atom stereocenters. The molecular weight excluding hydrogens is 800 g/mol. The molecule has 9 aromatic carbocycles. The van der Waals surface area contributed by atoms with Crippen LogP contribution in [-0.4, -0.2) is 22.3 Å². The maximum atomic E-state index is 4.86. The van der Waals surface area contributed by atoms with E-state index in [0.29, 0.717) is 0 Å². The summed E-state index contributed by atoms with van der Waals surface area (Å²) in [6, 6.07) is 81.1. The molecule has 310 valence electrons. The van der Waals surface area contributed by atoms with Gasteiger partial charge in [0.1, 0.15) is 5.82 Å². The van der Waals surface area contributed by atoms with Crippen LogP contribution in [0.15, 0.2) is 219 Å². The van der Waals surface area contributed by atoms with Crippen LogP contribution in [-0.2, 0) is 0 Å². The first-order valence-electron chi connectivity index (χ1n) is 22.7. The molecule has 4 nitrogen and oxygen atoms in total. The zero-order valence-electron chi connectivity index (χ0n) is 37.2. The largest absolute Gasteiger partial charge is 0.503 e. The number of pyridine rings is 1. The molecule has 3 heterocycles. The van der Waals surface area contributed by atoms with E-state index < -0.39 is 0 Å². The van der Waals surface area contributed by atoms with E-state index in [2.05, 4.69) is 247 Å². The minimum Gasteiger partial charge on any atom is -0.294 e. The lowest BCUT2D eigenvalue weighted by Crippen LogP contribution is -2.54. The first-order valence-corrected chi connectivity index (χ1v) is 22.7. The molecule has 12 rings (SSSR count). The third-order valence-corrected chi connectivity index (χ3v) is 13.4. The van der Waals surface area contributed by atoms with Gasteiger partial charge >= 0.3 is 11.7 Å². The lowest BCUT2D eigenvalue weighted by Gasteiger charge is -2.21. The van der Waals surface area contributed by atoms with Crippen LogP contribution in [0.3, 0.4) is 0 Å². The molecule has 0 saturated heterocycles. The van der Waals surface area contributed by atoms with Gasteiger partial charge in [0, 0.05) is 35.2 Å². The summed E-state index contributed by atoms with van der Waals surface area (Å²) >= 11 is 0. The standard InChI is InChI=1S/C61H45BN4/c1-41-36-42(2)59(43(3)37-41)62(48-32-33-54-53-26-12-13-29-55(53)66(57(54)39-48)58-30-14-15-35-63-58)47-23-16-24-49(38-47)64-40-65(61-52-25-11-10-22-46(52)31-34-56(61)64)60-50(44-18-6-4-7-19-44)27-17-28-51(60)45-20-8-5-9-21-45/h4-39H,1-3H3/q+2. The Morgan fingerprint density at radius 1 is 0.470 bits per heavy atom. The van der Waals surface area contributed by atoms with E-state index >= 15 is 0 Å². The molecule has 2 aromatic heterocycles. The van der Waals surface area contributed by atoms with E-state index in [1.807, 2.05) is 12.3 Å². The van der Waals surface area contributed by atoms with Gasteiger partial charge in [0.2, 0.25) is 18.1 Å². The van der Waals surface area contributed by atoms with E-state index in [9.17, 15) is 0 Å². The van der Waals surface area contributed by atoms with Crippen molar-refractivity contribution in [3.05, 3.63) is 235 Å². The Morgan fingerprint density at radius 3 is 1.83 bits per heavy atom. The minimum absolute atomic E-state index is 0.0663. The SMILES string of the molecule is Cc1cc(C)c(B(c2cccc([N+]3=C=[N+](c4c(-c5ccccc5)cccc4-c4ccccc4)c4c3ccc3ccccc43)c2)c2ccc3c4ccccc4n(-c4ccccn4)c3c2)c(C)c1. The summed E-state index contributed by atoms with van der Waals surface area (Å²) in [5.41, 5.74) is 18.8. The molecule has 0 bridgehead atoms. The quantitative estimate of drug-likeness (QED) is 0.110. The molecule has 0 N–H and O–H groups in total. The fraction of sp³-hybridized carbons (Fsp3) is 0.0492. The second-order valence-electron chi connectivity index (χ2n) is 17.5. The van der Waals surface area contributed by atoms with E-state index in [1.165, 1.54) is 54.6 Å². The van der Waals surface area contributed by atoms with Gasteiger partial charge in [0.05, 0.1) is 27.5 Å². The first kappa shape index (κ1) is 39.2. The third kappa shape index (κ3) is 6.52. The molecule has 0 spiro atoms. The molecule has 0 unspecified atom stereocenters. The highest BCUT2D eigenvalue weighted by molar-refractivity contribution is 6.96. The number of para-hydroxylation sites is 2. The predicted molar refractivity (Wildman–Crippen MR) is 280 cm³/mol. The van der Waals surface area contributed by atoms with Crippen LogP contribution >= 0.6 is 0 Å². The van der Waals surface area contributed by atoms with Gasteiger partial charge < -0.3 is 0 Å². The molecule has 1 aliphatic rings. The van der Waals surface area contributed by atoms with Crippen molar-refractivity contribution >= 4 is 84.4 Å². The highest BCUT2D eigenvalue weighted by Crippen LogP contribution is 2.47. The number of fused-ring (bicyclic) bond motifs is 6. The molecule has 0 saturated carbocycles. The Hall–Kier alpha value is -8.37. The third-order valence-electron chi connectivity index (χ3n) is 13.4. The van der Waals surface area contributed by atoms with Crippen LogP contribution in [0.4, 0.5) is 22.7 Å². The summed E-state index contributed by atoms with van der Waals surface area (Å²) < 4.78 is 6.92. The highest BCUT2D eigenvalue weighted by atomic mass is 15.2. The molecule has 5 heteroatoms. The van der Waals surface area contributed by atoms with Gasteiger partial charge in [-0.3, -0.25) is 4.57 Å². The summed E-state index contributed by atoms with van der Waals surface area (Å²) in [6.07, 6.45) is 1.88. The lowest BCUT2D eigenvalue weighted by molar-refractivity contribution is 1.08. The van der Waals surface area contributed by atoms with Gasteiger partial charge in [-0.05, 0) is 95.0 Å². The second kappa shape index (κ2) is 16.0. The zero-order chi connectivity index (χ0) is 44.3. The molecule has 11 aromatic rings. The van der Waals surface area contributed by atoms with Gasteiger partial charge in [-0.25, -0.2) is 4.98 Å². The van der Waals surface area contributed by atoms with Crippen molar-refractivity contribution in [1.82, 2.24) is 18.7 Å². The van der Waals surface area contributed by atoms with Crippen LogP contribution in [0.2, 0.25) is 0 Å². The topological polar surface area (TPSA) is 23.8 Å². The number of hydrogen-bond donors (Lipinski definition) is 0. The Bertz CT molecular complexity index is 3690. The fourth-order valence-corrected chi connectivity index (χ4v) is 10.6. The first-order chi connectivity index (χ1) is 32.5.